The summed E-state index contributed by atoms with van der Waals surface area (Å²) in [6.07, 6.45) is 4.66. The molecule has 0 aliphatic heterocycles. The highest BCUT2D eigenvalue weighted by Crippen LogP contribution is 2.35. The van der Waals surface area contributed by atoms with Gasteiger partial charge >= 0.3 is 0 Å². The maximum atomic E-state index is 13.9. The van der Waals surface area contributed by atoms with Crippen LogP contribution in [0, 0.1) is 11.7 Å². The number of hydrogen-bond acceptors (Lipinski definition) is 3. The number of rotatable bonds is 6. The molecule has 2 nitrogen and oxygen atoms in total. The fourth-order valence-electron chi connectivity index (χ4n) is 3.06. The van der Waals surface area contributed by atoms with E-state index in [4.69, 9.17) is 0 Å². The molecule has 20 heavy (non-hydrogen) atoms. The van der Waals surface area contributed by atoms with Crippen LogP contribution in [0.2, 0.25) is 0 Å². The summed E-state index contributed by atoms with van der Waals surface area (Å²) in [6, 6.07) is 5.87. The first-order chi connectivity index (χ1) is 9.67. The van der Waals surface area contributed by atoms with Crippen molar-refractivity contribution in [1.82, 2.24) is 5.32 Å². The Morgan fingerprint density at radius 3 is 3.00 bits per heavy atom. The number of aliphatic hydroxyl groups is 1. The number of nitrogens with one attached hydrogen (secondary N) is 1. The zero-order chi connectivity index (χ0) is 14.5. The first-order valence-electron chi connectivity index (χ1n) is 7.30. The van der Waals surface area contributed by atoms with Gasteiger partial charge in [0.15, 0.2) is 0 Å². The fraction of sp³-hybridized carbons (Fsp3) is 0.625. The number of thioether (sulfide) groups is 1. The van der Waals surface area contributed by atoms with Gasteiger partial charge in [0, 0.05) is 24.4 Å². The van der Waals surface area contributed by atoms with E-state index < -0.39 is 0 Å². The standard InChI is InChI=1S/C16H24FNOS/c1-11-6-7-13-14(4-3-5-15(13)17)16(11)18-12(8-9-19)10-20-2/h3-5,11-12,16,18-19H,6-10H2,1-2H3. The van der Waals surface area contributed by atoms with Crippen molar-refractivity contribution < 1.29 is 9.50 Å². The molecule has 3 atom stereocenters. The van der Waals surface area contributed by atoms with Gasteiger partial charge in [0.1, 0.15) is 5.82 Å². The molecule has 2 rings (SSSR count). The summed E-state index contributed by atoms with van der Waals surface area (Å²) in [5.41, 5.74) is 1.97. The molecule has 1 aliphatic carbocycles. The van der Waals surface area contributed by atoms with Crippen molar-refractivity contribution in [3.05, 3.63) is 35.1 Å². The van der Waals surface area contributed by atoms with Crippen LogP contribution >= 0.6 is 11.8 Å². The Bertz CT molecular complexity index is 434. The highest BCUT2D eigenvalue weighted by molar-refractivity contribution is 7.98. The topological polar surface area (TPSA) is 32.3 Å². The van der Waals surface area contributed by atoms with Crippen LogP contribution in [0.25, 0.3) is 0 Å². The predicted octanol–water partition coefficient (Wildman–Crippen LogP) is 3.15. The molecule has 112 valence electrons. The van der Waals surface area contributed by atoms with E-state index in [9.17, 15) is 9.50 Å². The Labute approximate surface area is 125 Å². The molecule has 0 bridgehead atoms. The van der Waals surface area contributed by atoms with Gasteiger partial charge in [-0.25, -0.2) is 4.39 Å². The van der Waals surface area contributed by atoms with Crippen molar-refractivity contribution in [3.63, 3.8) is 0 Å². The lowest BCUT2D eigenvalue weighted by Crippen LogP contribution is -2.40. The van der Waals surface area contributed by atoms with E-state index >= 15 is 0 Å². The van der Waals surface area contributed by atoms with Gasteiger partial charge < -0.3 is 10.4 Å². The lowest BCUT2D eigenvalue weighted by atomic mass is 9.80. The SMILES string of the molecule is CSCC(CCO)NC1c2cccc(F)c2CCC1C. The molecule has 0 aromatic heterocycles. The summed E-state index contributed by atoms with van der Waals surface area (Å²) < 4.78 is 13.9. The van der Waals surface area contributed by atoms with Crippen molar-refractivity contribution in [2.45, 2.75) is 38.3 Å². The van der Waals surface area contributed by atoms with E-state index in [0.717, 1.165) is 36.1 Å². The minimum atomic E-state index is -0.0789. The maximum Gasteiger partial charge on any atom is 0.126 e. The van der Waals surface area contributed by atoms with Crippen molar-refractivity contribution in [2.24, 2.45) is 5.92 Å². The number of fused-ring (bicyclic) bond motifs is 1. The van der Waals surface area contributed by atoms with Gasteiger partial charge in [-0.1, -0.05) is 19.1 Å². The van der Waals surface area contributed by atoms with Crippen LogP contribution in [0.15, 0.2) is 18.2 Å². The second kappa shape index (κ2) is 7.43. The first kappa shape index (κ1) is 15.8. The highest BCUT2D eigenvalue weighted by Gasteiger charge is 2.29. The fourth-order valence-corrected chi connectivity index (χ4v) is 3.72. The number of halogens is 1. The highest BCUT2D eigenvalue weighted by atomic mass is 32.2. The molecule has 0 spiro atoms. The molecule has 0 saturated heterocycles. The molecule has 1 aliphatic rings. The molecule has 0 radical (unpaired) electrons. The smallest absolute Gasteiger partial charge is 0.126 e. The molecule has 4 heteroatoms. The number of benzene rings is 1. The van der Waals surface area contributed by atoms with Gasteiger partial charge in [-0.3, -0.25) is 0 Å². The van der Waals surface area contributed by atoms with Crippen molar-refractivity contribution >= 4 is 11.8 Å². The largest absolute Gasteiger partial charge is 0.396 e. The van der Waals surface area contributed by atoms with E-state index in [2.05, 4.69) is 18.5 Å². The Morgan fingerprint density at radius 2 is 2.30 bits per heavy atom. The summed E-state index contributed by atoms with van der Waals surface area (Å²) in [5, 5.41) is 12.8. The molecule has 0 amide bonds. The zero-order valence-corrected chi connectivity index (χ0v) is 13.0. The molecule has 0 saturated carbocycles. The Morgan fingerprint density at radius 1 is 1.50 bits per heavy atom. The van der Waals surface area contributed by atoms with E-state index in [1.807, 2.05) is 6.07 Å². The van der Waals surface area contributed by atoms with Crippen LogP contribution < -0.4 is 5.32 Å². The zero-order valence-electron chi connectivity index (χ0n) is 12.2. The average Bonchev–Trinajstić information content (AvgIpc) is 2.43. The summed E-state index contributed by atoms with van der Waals surface area (Å²) >= 11 is 1.78. The number of aliphatic hydroxyl groups excluding tert-OH is 1. The summed E-state index contributed by atoms with van der Waals surface area (Å²) in [6.45, 7) is 2.41. The second-order valence-electron chi connectivity index (χ2n) is 5.63. The van der Waals surface area contributed by atoms with Crippen LogP contribution in [0.1, 0.15) is 36.9 Å². The van der Waals surface area contributed by atoms with Gasteiger partial charge in [0.25, 0.3) is 0 Å². The van der Waals surface area contributed by atoms with E-state index in [1.54, 1.807) is 23.9 Å². The van der Waals surface area contributed by atoms with Crippen molar-refractivity contribution in [2.75, 3.05) is 18.6 Å². The maximum absolute atomic E-state index is 13.9. The Kier molecular flexibility index (Phi) is 5.87. The number of hydrogen-bond donors (Lipinski definition) is 2. The Hall–Kier alpha value is -0.580. The quantitative estimate of drug-likeness (QED) is 0.846. The minimum absolute atomic E-state index is 0.0789. The first-order valence-corrected chi connectivity index (χ1v) is 8.70. The van der Waals surface area contributed by atoms with Crippen molar-refractivity contribution in [3.8, 4) is 0 Å². The van der Waals surface area contributed by atoms with Gasteiger partial charge in [-0.2, -0.15) is 11.8 Å². The normalized spacial score (nSPS) is 23.4. The molecule has 1 aromatic rings. The summed E-state index contributed by atoms with van der Waals surface area (Å²) in [7, 11) is 0. The van der Waals surface area contributed by atoms with Crippen LogP contribution in [0.4, 0.5) is 4.39 Å². The van der Waals surface area contributed by atoms with Crippen LogP contribution in [0.5, 0.6) is 0 Å². The molecule has 3 unspecified atom stereocenters. The molecular formula is C16H24FNOS. The van der Waals surface area contributed by atoms with Crippen molar-refractivity contribution in [1.29, 1.82) is 0 Å². The summed E-state index contributed by atoms with van der Waals surface area (Å²) in [4.78, 5) is 0. The average molecular weight is 297 g/mol. The molecule has 1 aromatic carbocycles. The van der Waals surface area contributed by atoms with E-state index in [1.165, 1.54) is 0 Å². The second-order valence-corrected chi connectivity index (χ2v) is 6.54. The van der Waals surface area contributed by atoms with Gasteiger partial charge in [0.2, 0.25) is 0 Å². The van der Waals surface area contributed by atoms with Crippen LogP contribution in [0.3, 0.4) is 0 Å². The third-order valence-electron chi connectivity index (χ3n) is 4.17. The van der Waals surface area contributed by atoms with Gasteiger partial charge in [-0.15, -0.1) is 0 Å². The van der Waals surface area contributed by atoms with Crippen LogP contribution in [-0.4, -0.2) is 29.8 Å². The Balaban J connectivity index is 2.20. The van der Waals surface area contributed by atoms with Gasteiger partial charge in [0.05, 0.1) is 0 Å². The molecule has 0 fully saturated rings. The molecular weight excluding hydrogens is 273 g/mol. The lowest BCUT2D eigenvalue weighted by Gasteiger charge is -2.35. The molecule has 0 heterocycles. The van der Waals surface area contributed by atoms with Gasteiger partial charge in [-0.05, 0) is 48.6 Å². The third-order valence-corrected chi connectivity index (χ3v) is 4.91. The molecule has 2 N–H and O–H groups in total. The van der Waals surface area contributed by atoms with E-state index in [0.29, 0.717) is 5.92 Å². The monoisotopic (exact) mass is 297 g/mol. The predicted molar refractivity (Wildman–Crippen MR) is 83.6 cm³/mol. The van der Waals surface area contributed by atoms with Crippen LogP contribution in [-0.2, 0) is 6.42 Å². The lowest BCUT2D eigenvalue weighted by molar-refractivity contribution is 0.247. The van der Waals surface area contributed by atoms with E-state index in [-0.39, 0.29) is 24.5 Å². The minimum Gasteiger partial charge on any atom is -0.396 e. The summed E-state index contributed by atoms with van der Waals surface area (Å²) in [5.74, 6) is 1.38. The third kappa shape index (κ3) is 3.54.